The molecule has 31 heavy (non-hydrogen) atoms. The maximum absolute atomic E-state index is 12.3. The Balaban J connectivity index is 1.84. The number of rotatable bonds is 10. The van der Waals surface area contributed by atoms with Crippen molar-refractivity contribution in [2.24, 2.45) is 0 Å². The lowest BCUT2D eigenvalue weighted by atomic mass is 10.1. The van der Waals surface area contributed by atoms with Gasteiger partial charge in [-0.3, -0.25) is 4.79 Å². The predicted molar refractivity (Wildman–Crippen MR) is 103 cm³/mol. The van der Waals surface area contributed by atoms with Crippen molar-refractivity contribution in [1.82, 2.24) is 5.32 Å². The van der Waals surface area contributed by atoms with Crippen LogP contribution in [0, 0.1) is 0 Å². The van der Waals surface area contributed by atoms with Crippen LogP contribution in [0.3, 0.4) is 0 Å². The van der Waals surface area contributed by atoms with Gasteiger partial charge in [0.1, 0.15) is 6.61 Å². The van der Waals surface area contributed by atoms with E-state index in [1.807, 2.05) is 0 Å². The van der Waals surface area contributed by atoms with E-state index in [4.69, 9.17) is 4.74 Å². The zero-order valence-electron chi connectivity index (χ0n) is 16.4. The molecule has 0 bridgehead atoms. The summed E-state index contributed by atoms with van der Waals surface area (Å²) in [5.74, 6) is -0.419. The van der Waals surface area contributed by atoms with E-state index < -0.39 is 25.3 Å². The molecule has 0 aliphatic carbocycles. The summed E-state index contributed by atoms with van der Waals surface area (Å²) in [4.78, 5) is 12.0. The highest BCUT2D eigenvalue weighted by atomic mass is 19.4. The van der Waals surface area contributed by atoms with E-state index in [1.165, 1.54) is 37.5 Å². The van der Waals surface area contributed by atoms with Crippen LogP contribution in [0.1, 0.15) is 16.7 Å². The summed E-state index contributed by atoms with van der Waals surface area (Å²) in [5.41, 5.74) is 1.86. The molecule has 0 saturated heterocycles. The zero-order chi connectivity index (χ0) is 22.9. The minimum Gasteiger partial charge on any atom is -0.493 e. The molecule has 2 aromatic rings. The molecule has 0 radical (unpaired) electrons. The average molecular weight is 445 g/mol. The molecule has 1 amide bonds. The highest BCUT2D eigenvalue weighted by molar-refractivity contribution is 5.91. The van der Waals surface area contributed by atoms with Gasteiger partial charge in [-0.2, -0.15) is 22.0 Å². The number of ether oxygens (including phenoxy) is 3. The first-order valence-electron chi connectivity index (χ1n) is 8.97. The van der Waals surface area contributed by atoms with Gasteiger partial charge in [-0.05, 0) is 34.9 Å². The number of hydrogen-bond acceptors (Lipinski definition) is 4. The van der Waals surface area contributed by atoms with Crippen LogP contribution in [0.25, 0.3) is 6.08 Å². The first-order chi connectivity index (χ1) is 14.7. The monoisotopic (exact) mass is 445 g/mol. The third kappa shape index (κ3) is 9.04. The van der Waals surface area contributed by atoms with Gasteiger partial charge in [-0.25, -0.2) is 0 Å². The predicted octanol–water partition coefficient (Wildman–Crippen LogP) is 4.71. The summed E-state index contributed by atoms with van der Waals surface area (Å²) in [6.45, 7) is -4.26. The van der Waals surface area contributed by atoms with Gasteiger partial charge in [-0.1, -0.05) is 30.3 Å². The molecule has 0 atom stereocenters. The van der Waals surface area contributed by atoms with Gasteiger partial charge in [0.05, 0.1) is 13.7 Å². The number of nitrogens with one attached hydrogen (secondary N) is 1. The molecule has 1 N–H and O–H groups in total. The van der Waals surface area contributed by atoms with E-state index in [2.05, 4.69) is 14.8 Å². The van der Waals surface area contributed by atoms with E-state index in [0.29, 0.717) is 11.1 Å². The Morgan fingerprint density at radius 1 is 1.06 bits per heavy atom. The van der Waals surface area contributed by atoms with Crippen molar-refractivity contribution in [2.45, 2.75) is 25.9 Å². The Bertz CT molecular complexity index is 882. The Hall–Kier alpha value is -3.14. The number of methoxy groups -OCH3 is 1. The Morgan fingerprint density at radius 2 is 1.74 bits per heavy atom. The van der Waals surface area contributed by atoms with E-state index in [0.717, 1.165) is 5.56 Å². The quantitative estimate of drug-likeness (QED) is 0.425. The maximum atomic E-state index is 12.3. The van der Waals surface area contributed by atoms with Gasteiger partial charge in [0.25, 0.3) is 0 Å². The van der Waals surface area contributed by atoms with Gasteiger partial charge in [0.15, 0.2) is 11.5 Å². The first kappa shape index (κ1) is 24.1. The van der Waals surface area contributed by atoms with Crippen molar-refractivity contribution in [1.29, 1.82) is 0 Å². The molecule has 0 saturated carbocycles. The molecule has 168 valence electrons. The summed E-state index contributed by atoms with van der Waals surface area (Å²) in [7, 11) is 1.31. The fourth-order valence-corrected chi connectivity index (χ4v) is 2.44. The summed E-state index contributed by atoms with van der Waals surface area (Å²) in [5, 5.41) is 2.66. The van der Waals surface area contributed by atoms with Crippen LogP contribution < -0.4 is 14.8 Å². The number of benzene rings is 2. The summed E-state index contributed by atoms with van der Waals surface area (Å²) in [6, 6.07) is 10.8. The number of carbonyl (C=O) groups excluding carboxylic acids is 1. The Morgan fingerprint density at radius 3 is 2.35 bits per heavy atom. The minimum atomic E-state index is -4.37. The third-order valence-electron chi connectivity index (χ3n) is 3.86. The van der Waals surface area contributed by atoms with Crippen molar-refractivity contribution in [3.63, 3.8) is 0 Å². The number of alkyl halides is 5. The van der Waals surface area contributed by atoms with E-state index in [-0.39, 0.29) is 24.7 Å². The lowest BCUT2D eigenvalue weighted by Crippen LogP contribution is -2.20. The van der Waals surface area contributed by atoms with Crippen LogP contribution in [0.15, 0.2) is 48.5 Å². The number of carbonyl (C=O) groups is 1. The van der Waals surface area contributed by atoms with Crippen molar-refractivity contribution < 1.29 is 41.0 Å². The van der Waals surface area contributed by atoms with Crippen LogP contribution >= 0.6 is 0 Å². The SMILES string of the molecule is COc1cc(/C=C/C(=O)NCc2ccc(COCC(F)(F)F)cc2)ccc1OC(F)F. The molecular formula is C21H20F5NO4. The van der Waals surface area contributed by atoms with Gasteiger partial charge in [0, 0.05) is 12.6 Å². The van der Waals surface area contributed by atoms with Crippen molar-refractivity contribution >= 4 is 12.0 Å². The molecule has 10 heteroatoms. The molecule has 0 aliphatic heterocycles. The Kier molecular flexibility index (Phi) is 8.80. The molecule has 0 aliphatic rings. The summed E-state index contributed by atoms with van der Waals surface area (Å²) < 4.78 is 74.8. The van der Waals surface area contributed by atoms with Crippen molar-refractivity contribution in [2.75, 3.05) is 13.7 Å². The van der Waals surface area contributed by atoms with Gasteiger partial charge in [0.2, 0.25) is 5.91 Å². The maximum Gasteiger partial charge on any atom is 0.411 e. The molecule has 0 unspecified atom stereocenters. The lowest BCUT2D eigenvalue weighted by Gasteiger charge is -2.10. The second-order valence-electron chi connectivity index (χ2n) is 6.26. The van der Waals surface area contributed by atoms with Gasteiger partial charge >= 0.3 is 12.8 Å². The highest BCUT2D eigenvalue weighted by Gasteiger charge is 2.27. The minimum absolute atomic E-state index is 0.0992. The van der Waals surface area contributed by atoms with Gasteiger partial charge in [-0.15, -0.1) is 0 Å². The number of hydrogen-bond donors (Lipinski definition) is 1. The number of amides is 1. The van der Waals surface area contributed by atoms with E-state index in [9.17, 15) is 26.7 Å². The van der Waals surface area contributed by atoms with E-state index in [1.54, 1.807) is 24.3 Å². The molecule has 5 nitrogen and oxygen atoms in total. The van der Waals surface area contributed by atoms with Crippen LogP contribution in [-0.4, -0.2) is 32.4 Å². The average Bonchev–Trinajstić information content (AvgIpc) is 2.71. The second-order valence-corrected chi connectivity index (χ2v) is 6.26. The smallest absolute Gasteiger partial charge is 0.411 e. The zero-order valence-corrected chi connectivity index (χ0v) is 16.4. The lowest BCUT2D eigenvalue weighted by molar-refractivity contribution is -0.176. The fraction of sp³-hybridized carbons (Fsp3) is 0.286. The Labute approximate surface area is 175 Å². The fourth-order valence-electron chi connectivity index (χ4n) is 2.44. The molecule has 0 spiro atoms. The van der Waals surface area contributed by atoms with Crippen molar-refractivity contribution in [3.05, 3.63) is 65.2 Å². The molecule has 0 aromatic heterocycles. The second kappa shape index (κ2) is 11.3. The van der Waals surface area contributed by atoms with Crippen LogP contribution in [0.2, 0.25) is 0 Å². The molecule has 0 heterocycles. The van der Waals surface area contributed by atoms with Crippen molar-refractivity contribution in [3.8, 4) is 11.5 Å². The topological polar surface area (TPSA) is 56.8 Å². The van der Waals surface area contributed by atoms with Gasteiger partial charge < -0.3 is 19.5 Å². The number of halogens is 5. The first-order valence-corrected chi connectivity index (χ1v) is 8.97. The van der Waals surface area contributed by atoms with Crippen LogP contribution in [-0.2, 0) is 22.7 Å². The summed E-state index contributed by atoms with van der Waals surface area (Å²) >= 11 is 0. The third-order valence-corrected chi connectivity index (χ3v) is 3.86. The van der Waals surface area contributed by atoms with Crippen LogP contribution in [0.5, 0.6) is 11.5 Å². The largest absolute Gasteiger partial charge is 0.493 e. The molecule has 2 rings (SSSR count). The highest BCUT2D eigenvalue weighted by Crippen LogP contribution is 2.29. The standard InChI is InChI=1S/C21H20F5NO4/c1-29-18-10-14(6-8-17(18)31-20(22)23)7-9-19(28)27-11-15-2-4-16(5-3-15)12-30-13-21(24,25)26/h2-10,20H,11-13H2,1H3,(H,27,28)/b9-7+. The van der Waals surface area contributed by atoms with Crippen LogP contribution in [0.4, 0.5) is 22.0 Å². The molecular weight excluding hydrogens is 425 g/mol. The summed E-state index contributed by atoms with van der Waals surface area (Å²) in [6.07, 6.45) is -1.63. The molecule has 2 aromatic carbocycles. The van der Waals surface area contributed by atoms with E-state index >= 15 is 0 Å². The molecule has 0 fully saturated rings. The normalized spacial score (nSPS) is 11.7.